The first kappa shape index (κ1) is 13.6. The zero-order valence-electron chi connectivity index (χ0n) is 11.6. The molecule has 1 aromatic carbocycles. The molecule has 1 aliphatic rings. The van der Waals surface area contributed by atoms with Crippen molar-refractivity contribution in [2.75, 3.05) is 6.54 Å². The first-order valence-electron chi connectivity index (χ1n) is 7.06. The van der Waals surface area contributed by atoms with Crippen molar-refractivity contribution in [3.63, 3.8) is 0 Å². The number of imidazole rings is 1. The average molecular weight is 287 g/mol. The lowest BCUT2D eigenvalue weighted by molar-refractivity contribution is -0.145. The second-order valence-corrected chi connectivity index (χ2v) is 5.32. The molecule has 6 nitrogen and oxygen atoms in total. The summed E-state index contributed by atoms with van der Waals surface area (Å²) in [5.41, 5.74) is 1.89. The van der Waals surface area contributed by atoms with Gasteiger partial charge < -0.3 is 14.6 Å². The van der Waals surface area contributed by atoms with E-state index in [0.29, 0.717) is 13.0 Å². The summed E-state index contributed by atoms with van der Waals surface area (Å²) in [5.74, 6) is -1.05. The van der Waals surface area contributed by atoms with Gasteiger partial charge in [-0.3, -0.25) is 9.59 Å². The van der Waals surface area contributed by atoms with Crippen LogP contribution in [0, 0.1) is 0 Å². The number of hydrogen-bond acceptors (Lipinski definition) is 3. The Hall–Kier alpha value is -2.37. The van der Waals surface area contributed by atoms with Gasteiger partial charge in [0.1, 0.15) is 6.54 Å². The molecule has 1 saturated carbocycles. The van der Waals surface area contributed by atoms with Crippen molar-refractivity contribution in [2.45, 2.75) is 31.8 Å². The number of aliphatic carboxylic acids is 1. The number of aryl methyl sites for hydroxylation is 1. The SMILES string of the molecule is O=C(O)CN(C(=O)CCn1cnc2ccccc21)C1CC1. The first-order valence-corrected chi connectivity index (χ1v) is 7.06. The van der Waals surface area contributed by atoms with Crippen LogP contribution in [-0.4, -0.2) is 44.0 Å². The van der Waals surface area contributed by atoms with Crippen molar-refractivity contribution < 1.29 is 14.7 Å². The van der Waals surface area contributed by atoms with Crippen LogP contribution in [0.25, 0.3) is 11.0 Å². The highest BCUT2D eigenvalue weighted by atomic mass is 16.4. The lowest BCUT2D eigenvalue weighted by Gasteiger charge is -2.20. The minimum absolute atomic E-state index is 0.0994. The van der Waals surface area contributed by atoms with E-state index in [1.54, 1.807) is 6.33 Å². The number of amides is 1. The Balaban J connectivity index is 1.66. The predicted molar refractivity (Wildman–Crippen MR) is 76.7 cm³/mol. The molecule has 1 amide bonds. The van der Waals surface area contributed by atoms with Gasteiger partial charge in [0.2, 0.25) is 5.91 Å². The van der Waals surface area contributed by atoms with Gasteiger partial charge in [-0.15, -0.1) is 0 Å². The van der Waals surface area contributed by atoms with Gasteiger partial charge >= 0.3 is 5.97 Å². The van der Waals surface area contributed by atoms with Gasteiger partial charge in [-0.1, -0.05) is 12.1 Å². The molecule has 0 saturated heterocycles. The number of carboxylic acids is 1. The van der Waals surface area contributed by atoms with Crippen molar-refractivity contribution in [3.8, 4) is 0 Å². The molecule has 3 rings (SSSR count). The molecule has 0 atom stereocenters. The Kier molecular flexibility index (Phi) is 3.60. The van der Waals surface area contributed by atoms with E-state index in [0.717, 1.165) is 23.9 Å². The van der Waals surface area contributed by atoms with E-state index in [1.807, 2.05) is 28.8 Å². The highest BCUT2D eigenvalue weighted by molar-refractivity contribution is 5.82. The van der Waals surface area contributed by atoms with E-state index < -0.39 is 5.97 Å². The molecule has 6 heteroatoms. The quantitative estimate of drug-likeness (QED) is 0.873. The van der Waals surface area contributed by atoms with E-state index in [-0.39, 0.29) is 18.5 Å². The van der Waals surface area contributed by atoms with Crippen LogP contribution in [0.5, 0.6) is 0 Å². The van der Waals surface area contributed by atoms with Crippen LogP contribution >= 0.6 is 0 Å². The molecule has 0 radical (unpaired) electrons. The van der Waals surface area contributed by atoms with Gasteiger partial charge in [0.15, 0.2) is 0 Å². The number of hydrogen-bond donors (Lipinski definition) is 1. The zero-order chi connectivity index (χ0) is 14.8. The monoisotopic (exact) mass is 287 g/mol. The molecule has 0 aliphatic heterocycles. The molecule has 1 N–H and O–H groups in total. The number of para-hydroxylation sites is 2. The molecule has 1 fully saturated rings. The summed E-state index contributed by atoms with van der Waals surface area (Å²) in [5, 5.41) is 8.89. The number of carbonyl (C=O) groups excluding carboxylic acids is 1. The Morgan fingerprint density at radius 2 is 2.10 bits per heavy atom. The highest BCUT2D eigenvalue weighted by Crippen LogP contribution is 2.27. The molecule has 110 valence electrons. The van der Waals surface area contributed by atoms with Crippen molar-refractivity contribution in [3.05, 3.63) is 30.6 Å². The lowest BCUT2D eigenvalue weighted by atomic mass is 10.3. The smallest absolute Gasteiger partial charge is 0.323 e. The number of fused-ring (bicyclic) bond motifs is 1. The summed E-state index contributed by atoms with van der Waals surface area (Å²) in [6.45, 7) is 0.316. The molecule has 1 aromatic heterocycles. The Morgan fingerprint density at radius 3 is 2.81 bits per heavy atom. The summed E-state index contributed by atoms with van der Waals surface area (Å²) >= 11 is 0. The minimum atomic E-state index is -0.955. The second-order valence-electron chi connectivity index (χ2n) is 5.32. The Bertz CT molecular complexity index is 676. The van der Waals surface area contributed by atoms with E-state index in [2.05, 4.69) is 4.98 Å². The third-order valence-corrected chi connectivity index (χ3v) is 3.71. The fourth-order valence-electron chi connectivity index (χ4n) is 2.50. The van der Waals surface area contributed by atoms with Crippen LogP contribution in [0.1, 0.15) is 19.3 Å². The van der Waals surface area contributed by atoms with Gasteiger partial charge in [0.05, 0.1) is 17.4 Å². The van der Waals surface area contributed by atoms with Crippen LogP contribution in [0.3, 0.4) is 0 Å². The average Bonchev–Trinajstić information content (AvgIpc) is 3.23. The minimum Gasteiger partial charge on any atom is -0.480 e. The summed E-state index contributed by atoms with van der Waals surface area (Å²) in [4.78, 5) is 28.8. The van der Waals surface area contributed by atoms with Gasteiger partial charge in [-0.05, 0) is 25.0 Å². The molecule has 0 spiro atoms. The van der Waals surface area contributed by atoms with Crippen LogP contribution in [0.4, 0.5) is 0 Å². The van der Waals surface area contributed by atoms with E-state index >= 15 is 0 Å². The number of rotatable bonds is 6. The van der Waals surface area contributed by atoms with E-state index in [9.17, 15) is 9.59 Å². The fourth-order valence-corrected chi connectivity index (χ4v) is 2.50. The standard InChI is InChI=1S/C15H17N3O3/c19-14(18(9-15(20)21)11-5-6-11)7-8-17-10-16-12-3-1-2-4-13(12)17/h1-4,10-11H,5-9H2,(H,20,21). The Morgan fingerprint density at radius 1 is 1.33 bits per heavy atom. The predicted octanol–water partition coefficient (Wildman–Crippen LogP) is 1.50. The van der Waals surface area contributed by atoms with Gasteiger partial charge in [0, 0.05) is 19.0 Å². The third kappa shape index (κ3) is 3.04. The molecular weight excluding hydrogens is 270 g/mol. The van der Waals surface area contributed by atoms with Gasteiger partial charge in [0.25, 0.3) is 0 Å². The van der Waals surface area contributed by atoms with Crippen LogP contribution in [0.2, 0.25) is 0 Å². The van der Waals surface area contributed by atoms with Gasteiger partial charge in [-0.2, -0.15) is 0 Å². The molecule has 1 heterocycles. The lowest BCUT2D eigenvalue weighted by Crippen LogP contribution is -2.37. The van der Waals surface area contributed by atoms with Crippen molar-refractivity contribution in [1.82, 2.24) is 14.5 Å². The molecule has 21 heavy (non-hydrogen) atoms. The third-order valence-electron chi connectivity index (χ3n) is 3.71. The van der Waals surface area contributed by atoms with Crippen LogP contribution in [-0.2, 0) is 16.1 Å². The molecule has 0 unspecified atom stereocenters. The number of nitrogens with zero attached hydrogens (tertiary/aromatic N) is 3. The summed E-state index contributed by atoms with van der Waals surface area (Å²) in [6.07, 6.45) is 3.83. The van der Waals surface area contributed by atoms with Crippen molar-refractivity contribution in [2.24, 2.45) is 0 Å². The Labute approximate surface area is 122 Å². The maximum Gasteiger partial charge on any atom is 0.323 e. The van der Waals surface area contributed by atoms with Gasteiger partial charge in [-0.25, -0.2) is 4.98 Å². The molecule has 2 aromatic rings. The summed E-state index contributed by atoms with van der Waals surface area (Å²) in [6, 6.07) is 7.86. The maximum absolute atomic E-state index is 12.2. The van der Waals surface area contributed by atoms with Crippen LogP contribution in [0.15, 0.2) is 30.6 Å². The van der Waals surface area contributed by atoms with Crippen LogP contribution < -0.4 is 0 Å². The largest absolute Gasteiger partial charge is 0.480 e. The first-order chi connectivity index (χ1) is 10.1. The van der Waals surface area contributed by atoms with E-state index in [1.165, 1.54) is 4.90 Å². The molecule has 1 aliphatic carbocycles. The molecule has 0 bridgehead atoms. The van der Waals surface area contributed by atoms with E-state index in [4.69, 9.17) is 5.11 Å². The number of carboxylic acid groups (broad SMARTS) is 1. The summed E-state index contributed by atoms with van der Waals surface area (Å²) < 4.78 is 1.93. The maximum atomic E-state index is 12.2. The zero-order valence-corrected chi connectivity index (χ0v) is 11.6. The number of benzene rings is 1. The second kappa shape index (κ2) is 5.55. The van der Waals surface area contributed by atoms with Crippen molar-refractivity contribution in [1.29, 1.82) is 0 Å². The normalized spacial score (nSPS) is 14.3. The molecular formula is C15H17N3O3. The fraction of sp³-hybridized carbons (Fsp3) is 0.400. The number of aromatic nitrogens is 2. The summed E-state index contributed by atoms with van der Waals surface area (Å²) in [7, 11) is 0. The number of carbonyl (C=O) groups is 2. The van der Waals surface area contributed by atoms with Crippen molar-refractivity contribution >= 4 is 22.9 Å². The topological polar surface area (TPSA) is 75.4 Å². The highest BCUT2D eigenvalue weighted by Gasteiger charge is 2.33.